The first-order chi connectivity index (χ1) is 9.99. The lowest BCUT2D eigenvalue weighted by Crippen LogP contribution is -2.64. The Balaban J connectivity index is 2.01. The Bertz CT molecular complexity index is 510. The molecule has 2 aliphatic heterocycles. The fourth-order valence-electron chi connectivity index (χ4n) is 4.21. The molecule has 0 aromatic carbocycles. The first kappa shape index (κ1) is 14.5. The van der Waals surface area contributed by atoms with Crippen LogP contribution in [0, 0.1) is 11.8 Å². The number of rotatable bonds is 4. The molecule has 0 aromatic heterocycles. The predicted molar refractivity (Wildman–Crippen MR) is 73.2 cm³/mol. The number of aliphatic hydroxyl groups excluding tert-OH is 1. The number of carbonyl (C=O) groups excluding carboxylic acids is 1. The Morgan fingerprint density at radius 3 is 2.76 bits per heavy atom. The second-order valence-electron chi connectivity index (χ2n) is 6.06. The van der Waals surface area contributed by atoms with Crippen LogP contribution >= 0.6 is 0 Å². The Hall–Kier alpha value is -1.40. The van der Waals surface area contributed by atoms with Gasteiger partial charge in [0.25, 0.3) is 0 Å². The van der Waals surface area contributed by atoms with Crippen molar-refractivity contribution in [2.75, 3.05) is 6.61 Å². The molecule has 1 unspecified atom stereocenters. The number of amides is 1. The van der Waals surface area contributed by atoms with Crippen LogP contribution in [0.2, 0.25) is 0 Å². The highest BCUT2D eigenvalue weighted by Gasteiger charge is 2.62. The number of nitrogens with zero attached hydrogens (tertiary/aromatic N) is 1. The molecule has 1 saturated carbocycles. The molecule has 6 heteroatoms. The number of carboxylic acid groups (broad SMARTS) is 1. The van der Waals surface area contributed by atoms with Crippen LogP contribution in [0.3, 0.4) is 0 Å². The summed E-state index contributed by atoms with van der Waals surface area (Å²) in [5.41, 5.74) is 0.863. The second-order valence-corrected chi connectivity index (χ2v) is 6.06. The summed E-state index contributed by atoms with van der Waals surface area (Å²) >= 11 is 0. The van der Waals surface area contributed by atoms with Crippen LogP contribution in [0.25, 0.3) is 0 Å². The normalized spacial score (nSPS) is 36.1. The minimum atomic E-state index is -1.07. The Kier molecular flexibility index (Phi) is 3.53. The second kappa shape index (κ2) is 5.10. The van der Waals surface area contributed by atoms with Crippen LogP contribution in [0.15, 0.2) is 11.3 Å². The van der Waals surface area contributed by atoms with Crippen molar-refractivity contribution in [3.05, 3.63) is 11.3 Å². The Morgan fingerprint density at radius 2 is 2.19 bits per heavy atom. The number of β-lactam (4-membered cyclic amide) rings is 1. The maximum absolute atomic E-state index is 12.2. The lowest BCUT2D eigenvalue weighted by Gasteiger charge is -2.47. The number of carboxylic acids is 1. The van der Waals surface area contributed by atoms with Gasteiger partial charge in [-0.05, 0) is 38.7 Å². The summed E-state index contributed by atoms with van der Waals surface area (Å²) in [7, 11) is 0. The van der Waals surface area contributed by atoms with Gasteiger partial charge in [0.05, 0.1) is 24.2 Å². The molecule has 1 saturated heterocycles. The van der Waals surface area contributed by atoms with Gasteiger partial charge in [0, 0.05) is 12.5 Å². The monoisotopic (exact) mass is 295 g/mol. The van der Waals surface area contributed by atoms with Crippen LogP contribution in [0.1, 0.15) is 33.1 Å². The van der Waals surface area contributed by atoms with Crippen molar-refractivity contribution in [2.45, 2.75) is 51.4 Å². The average Bonchev–Trinajstić information content (AvgIpc) is 2.70. The van der Waals surface area contributed by atoms with Crippen molar-refractivity contribution >= 4 is 11.9 Å². The van der Waals surface area contributed by atoms with Crippen LogP contribution < -0.4 is 0 Å². The molecular formula is C15H21NO5. The largest absolute Gasteiger partial charge is 0.477 e. The summed E-state index contributed by atoms with van der Waals surface area (Å²) in [6.45, 7) is 4.01. The molecule has 116 valence electrons. The summed E-state index contributed by atoms with van der Waals surface area (Å²) in [6.07, 6.45) is 1.64. The number of ether oxygens (including phenoxy) is 1. The van der Waals surface area contributed by atoms with Gasteiger partial charge in [-0.3, -0.25) is 4.79 Å². The first-order valence-corrected chi connectivity index (χ1v) is 7.59. The van der Waals surface area contributed by atoms with Gasteiger partial charge in [0.2, 0.25) is 5.91 Å². The fourth-order valence-corrected chi connectivity index (χ4v) is 4.21. The zero-order valence-corrected chi connectivity index (χ0v) is 12.3. The smallest absolute Gasteiger partial charge is 0.352 e. The van der Waals surface area contributed by atoms with Crippen molar-refractivity contribution in [3.8, 4) is 0 Å². The third-order valence-electron chi connectivity index (χ3n) is 4.93. The predicted octanol–water partition coefficient (Wildman–Crippen LogP) is 0.752. The third-order valence-corrected chi connectivity index (χ3v) is 4.93. The van der Waals surface area contributed by atoms with E-state index in [1.165, 1.54) is 4.90 Å². The summed E-state index contributed by atoms with van der Waals surface area (Å²) in [4.78, 5) is 25.3. The molecule has 21 heavy (non-hydrogen) atoms. The van der Waals surface area contributed by atoms with Crippen molar-refractivity contribution in [1.29, 1.82) is 0 Å². The quantitative estimate of drug-likeness (QED) is 0.747. The SMILES string of the molecule is CCO[C@H]1CCC[C@H]2C1=C(C(=O)O)N1C(=O)[C@H](C(C)O)[C@@H]21. The molecule has 2 heterocycles. The number of fused-ring (bicyclic) bond motifs is 3. The van der Waals surface area contributed by atoms with Gasteiger partial charge in [-0.2, -0.15) is 0 Å². The highest BCUT2D eigenvalue weighted by atomic mass is 16.5. The topological polar surface area (TPSA) is 87.1 Å². The van der Waals surface area contributed by atoms with E-state index in [2.05, 4.69) is 0 Å². The van der Waals surface area contributed by atoms with Gasteiger partial charge in [0.1, 0.15) is 5.70 Å². The lowest BCUT2D eigenvalue weighted by atomic mass is 9.71. The molecule has 3 aliphatic rings. The van der Waals surface area contributed by atoms with E-state index in [9.17, 15) is 19.8 Å². The number of hydrogen-bond acceptors (Lipinski definition) is 4. The van der Waals surface area contributed by atoms with Gasteiger partial charge >= 0.3 is 5.97 Å². The van der Waals surface area contributed by atoms with E-state index in [0.717, 1.165) is 24.8 Å². The minimum absolute atomic E-state index is 0.0127. The number of carbonyl (C=O) groups is 2. The highest BCUT2D eigenvalue weighted by Crippen LogP contribution is 2.52. The van der Waals surface area contributed by atoms with Crippen molar-refractivity contribution < 1.29 is 24.5 Å². The summed E-state index contributed by atoms with van der Waals surface area (Å²) in [5, 5.41) is 19.4. The lowest BCUT2D eigenvalue weighted by molar-refractivity contribution is -0.163. The number of aliphatic carboxylic acids is 1. The van der Waals surface area contributed by atoms with E-state index in [1.54, 1.807) is 6.92 Å². The zero-order chi connectivity index (χ0) is 15.3. The number of aliphatic hydroxyl groups is 1. The standard InChI is InChI=1S/C15H21NO5/c1-3-21-9-6-4-5-8-11(9)13(15(19)20)16-12(8)10(7(2)17)14(16)18/h7-10,12,17H,3-6H2,1-2H3,(H,19,20)/t7?,8-,9-,10+,12+/m0/s1. The van der Waals surface area contributed by atoms with E-state index >= 15 is 0 Å². The summed E-state index contributed by atoms with van der Waals surface area (Å²) < 4.78 is 5.71. The molecule has 0 bridgehead atoms. The van der Waals surface area contributed by atoms with Gasteiger partial charge < -0.3 is 19.8 Å². The van der Waals surface area contributed by atoms with Crippen molar-refractivity contribution in [1.82, 2.24) is 4.90 Å². The van der Waals surface area contributed by atoms with Crippen LogP contribution in [-0.4, -0.2) is 51.8 Å². The molecule has 3 rings (SSSR count). The van der Waals surface area contributed by atoms with Crippen molar-refractivity contribution in [3.63, 3.8) is 0 Å². The maximum atomic E-state index is 12.2. The minimum Gasteiger partial charge on any atom is -0.477 e. The van der Waals surface area contributed by atoms with Gasteiger partial charge in [-0.1, -0.05) is 0 Å². The van der Waals surface area contributed by atoms with Gasteiger partial charge in [-0.15, -0.1) is 0 Å². The van der Waals surface area contributed by atoms with Gasteiger partial charge in [0.15, 0.2) is 0 Å². The van der Waals surface area contributed by atoms with Crippen molar-refractivity contribution in [2.24, 2.45) is 11.8 Å². The van der Waals surface area contributed by atoms with E-state index < -0.39 is 18.0 Å². The molecule has 0 radical (unpaired) electrons. The molecule has 5 atom stereocenters. The third kappa shape index (κ3) is 1.92. The summed E-state index contributed by atoms with van der Waals surface area (Å²) in [6, 6.07) is -0.207. The zero-order valence-electron chi connectivity index (χ0n) is 12.3. The molecular weight excluding hydrogens is 274 g/mol. The Labute approximate surface area is 123 Å². The van der Waals surface area contributed by atoms with Crippen LogP contribution in [-0.2, 0) is 14.3 Å². The summed E-state index contributed by atoms with van der Waals surface area (Å²) in [5.74, 6) is -1.81. The molecule has 2 fully saturated rings. The van der Waals surface area contributed by atoms with E-state index in [4.69, 9.17) is 4.74 Å². The highest BCUT2D eigenvalue weighted by molar-refractivity contribution is 6.00. The molecule has 6 nitrogen and oxygen atoms in total. The number of hydrogen-bond donors (Lipinski definition) is 2. The molecule has 0 aromatic rings. The molecule has 0 spiro atoms. The van der Waals surface area contributed by atoms with E-state index in [-0.39, 0.29) is 29.7 Å². The molecule has 1 aliphatic carbocycles. The average molecular weight is 295 g/mol. The first-order valence-electron chi connectivity index (χ1n) is 7.59. The van der Waals surface area contributed by atoms with E-state index in [0.29, 0.717) is 6.61 Å². The van der Waals surface area contributed by atoms with Gasteiger partial charge in [-0.25, -0.2) is 4.79 Å². The molecule has 2 N–H and O–H groups in total. The maximum Gasteiger partial charge on any atom is 0.352 e. The van der Waals surface area contributed by atoms with E-state index in [1.807, 2.05) is 6.92 Å². The fraction of sp³-hybridized carbons (Fsp3) is 0.733. The van der Waals surface area contributed by atoms with Crippen LogP contribution in [0.4, 0.5) is 0 Å². The molecule has 1 amide bonds. The van der Waals surface area contributed by atoms with Crippen LogP contribution in [0.5, 0.6) is 0 Å². The Morgan fingerprint density at radius 1 is 1.48 bits per heavy atom.